The summed E-state index contributed by atoms with van der Waals surface area (Å²) in [6, 6.07) is 12.7. The van der Waals surface area contributed by atoms with E-state index in [1.165, 1.54) is 0 Å². The Kier molecular flexibility index (Phi) is 8.75. The third kappa shape index (κ3) is 5.54. The zero-order valence-corrected chi connectivity index (χ0v) is 16.0. The first kappa shape index (κ1) is 21.6. The molecule has 0 aliphatic rings. The van der Waals surface area contributed by atoms with Gasteiger partial charge in [-0.05, 0) is 29.8 Å². The van der Waals surface area contributed by atoms with E-state index in [1.54, 1.807) is 50.5 Å². The lowest BCUT2D eigenvalue weighted by Crippen LogP contribution is -2.35. The van der Waals surface area contributed by atoms with Gasteiger partial charge < -0.3 is 24.8 Å². The molecule has 0 aliphatic heterocycles. The molecule has 0 unspecified atom stereocenters. The number of nitrogens with two attached hydrogens (primary N) is 1. The second-order valence-corrected chi connectivity index (χ2v) is 5.50. The highest BCUT2D eigenvalue weighted by Gasteiger charge is 2.18. The van der Waals surface area contributed by atoms with Crippen molar-refractivity contribution < 1.29 is 19.0 Å². The third-order valence-electron chi connectivity index (χ3n) is 3.83. The van der Waals surface area contributed by atoms with Crippen LogP contribution in [0.4, 0.5) is 11.4 Å². The molecule has 0 spiro atoms. The molecule has 0 bridgehead atoms. The second kappa shape index (κ2) is 10.5. The molecule has 2 rings (SSSR count). The Morgan fingerprint density at radius 3 is 2.23 bits per heavy atom. The van der Waals surface area contributed by atoms with Crippen LogP contribution in [-0.4, -0.2) is 40.4 Å². The molecule has 7 heteroatoms. The van der Waals surface area contributed by atoms with Crippen LogP contribution in [0.1, 0.15) is 5.56 Å². The molecule has 0 radical (unpaired) electrons. The largest absolute Gasteiger partial charge is 0.493 e. The molecule has 0 aliphatic carbocycles. The number of nitrogens with zero attached hydrogens (tertiary/aromatic N) is 1. The minimum absolute atomic E-state index is 0. The van der Waals surface area contributed by atoms with Crippen molar-refractivity contribution in [1.82, 2.24) is 0 Å². The number of hydrogen-bond acceptors (Lipinski definition) is 5. The fraction of sp³-hybridized carbons (Fsp3) is 0.316. The van der Waals surface area contributed by atoms with Crippen LogP contribution in [0.3, 0.4) is 0 Å². The molecule has 2 N–H and O–H groups in total. The number of amides is 1. The Balaban J connectivity index is 0.00000338. The SMILES string of the molecule is COCCN(C(=O)Cc1ccc(N)cc1)c1ccc(OC)c(OC)c1.Cl. The molecule has 0 aromatic heterocycles. The summed E-state index contributed by atoms with van der Waals surface area (Å²) < 4.78 is 15.7. The Hall–Kier alpha value is -2.44. The van der Waals surface area contributed by atoms with Crippen LogP contribution in [0.5, 0.6) is 11.5 Å². The van der Waals surface area contributed by atoms with Gasteiger partial charge in [0.05, 0.1) is 27.2 Å². The Morgan fingerprint density at radius 2 is 1.65 bits per heavy atom. The lowest BCUT2D eigenvalue weighted by molar-refractivity contribution is -0.118. The van der Waals surface area contributed by atoms with Gasteiger partial charge in [-0.25, -0.2) is 0 Å². The van der Waals surface area contributed by atoms with Gasteiger partial charge in [-0.1, -0.05) is 12.1 Å². The van der Waals surface area contributed by atoms with Gasteiger partial charge >= 0.3 is 0 Å². The minimum atomic E-state index is -0.0333. The average Bonchev–Trinajstić information content (AvgIpc) is 2.63. The van der Waals surface area contributed by atoms with Crippen molar-refractivity contribution >= 4 is 29.7 Å². The van der Waals surface area contributed by atoms with Gasteiger partial charge in [-0.15, -0.1) is 12.4 Å². The van der Waals surface area contributed by atoms with Crippen molar-refractivity contribution in [3.8, 4) is 11.5 Å². The highest BCUT2D eigenvalue weighted by atomic mass is 35.5. The number of ether oxygens (including phenoxy) is 3. The zero-order chi connectivity index (χ0) is 18.2. The molecule has 0 atom stereocenters. The first-order valence-electron chi connectivity index (χ1n) is 7.94. The van der Waals surface area contributed by atoms with E-state index in [1.807, 2.05) is 18.2 Å². The summed E-state index contributed by atoms with van der Waals surface area (Å²) in [5, 5.41) is 0. The van der Waals surface area contributed by atoms with Crippen LogP contribution >= 0.6 is 12.4 Å². The van der Waals surface area contributed by atoms with E-state index in [0.717, 1.165) is 11.3 Å². The van der Waals surface area contributed by atoms with E-state index >= 15 is 0 Å². The maximum atomic E-state index is 12.8. The lowest BCUT2D eigenvalue weighted by atomic mass is 10.1. The van der Waals surface area contributed by atoms with Crippen molar-refractivity contribution in [2.45, 2.75) is 6.42 Å². The maximum absolute atomic E-state index is 12.8. The number of methoxy groups -OCH3 is 3. The van der Waals surface area contributed by atoms with Crippen LogP contribution in [0.25, 0.3) is 0 Å². The van der Waals surface area contributed by atoms with Crippen LogP contribution in [0, 0.1) is 0 Å². The topological polar surface area (TPSA) is 74.0 Å². The summed E-state index contributed by atoms with van der Waals surface area (Å²) in [4.78, 5) is 14.5. The Labute approximate surface area is 160 Å². The fourth-order valence-corrected chi connectivity index (χ4v) is 2.48. The molecule has 2 aromatic carbocycles. The van der Waals surface area contributed by atoms with E-state index < -0.39 is 0 Å². The van der Waals surface area contributed by atoms with Crippen molar-refractivity contribution in [2.24, 2.45) is 0 Å². The number of halogens is 1. The summed E-state index contributed by atoms with van der Waals surface area (Å²) in [6.07, 6.45) is 0.276. The summed E-state index contributed by atoms with van der Waals surface area (Å²) in [7, 11) is 4.75. The van der Waals surface area contributed by atoms with Crippen LogP contribution in [0.15, 0.2) is 42.5 Å². The summed E-state index contributed by atoms with van der Waals surface area (Å²) in [5.41, 5.74) is 8.01. The molecule has 0 fully saturated rings. The lowest BCUT2D eigenvalue weighted by Gasteiger charge is -2.23. The molecule has 0 saturated carbocycles. The number of anilines is 2. The number of carbonyl (C=O) groups is 1. The molecule has 142 valence electrons. The number of carbonyl (C=O) groups excluding carboxylic acids is 1. The monoisotopic (exact) mass is 380 g/mol. The molecule has 2 aromatic rings. The van der Waals surface area contributed by atoms with Crippen LogP contribution in [0.2, 0.25) is 0 Å². The Bertz CT molecular complexity index is 707. The van der Waals surface area contributed by atoms with E-state index in [9.17, 15) is 4.79 Å². The molecular weight excluding hydrogens is 356 g/mol. The molecule has 6 nitrogen and oxygen atoms in total. The number of hydrogen-bond donors (Lipinski definition) is 1. The molecule has 0 saturated heterocycles. The predicted molar refractivity (Wildman–Crippen MR) is 106 cm³/mol. The van der Waals surface area contributed by atoms with E-state index in [0.29, 0.717) is 30.3 Å². The first-order valence-corrected chi connectivity index (χ1v) is 7.94. The van der Waals surface area contributed by atoms with Gasteiger partial charge in [-0.3, -0.25) is 4.79 Å². The molecule has 1 amide bonds. The number of nitrogen functional groups attached to an aromatic ring is 1. The van der Waals surface area contributed by atoms with E-state index in [4.69, 9.17) is 19.9 Å². The molecule has 26 heavy (non-hydrogen) atoms. The number of benzene rings is 2. The quantitative estimate of drug-likeness (QED) is 0.713. The summed E-state index contributed by atoms with van der Waals surface area (Å²) >= 11 is 0. The van der Waals surface area contributed by atoms with Crippen molar-refractivity contribution in [3.05, 3.63) is 48.0 Å². The molecular formula is C19H25ClN2O4. The van der Waals surface area contributed by atoms with Gasteiger partial charge in [0.15, 0.2) is 11.5 Å². The van der Waals surface area contributed by atoms with Gasteiger partial charge in [0.25, 0.3) is 0 Å². The van der Waals surface area contributed by atoms with E-state index in [2.05, 4.69) is 0 Å². The van der Waals surface area contributed by atoms with Crippen LogP contribution in [-0.2, 0) is 16.0 Å². The summed E-state index contributed by atoms with van der Waals surface area (Å²) in [5.74, 6) is 1.15. The molecule has 0 heterocycles. The standard InChI is InChI=1S/C19H24N2O4.ClH/c1-23-11-10-21(16-8-9-17(24-2)18(13-16)25-3)19(22)12-14-4-6-15(20)7-5-14;/h4-9,13H,10-12,20H2,1-3H3;1H. The van der Waals surface area contributed by atoms with Crippen LogP contribution < -0.4 is 20.1 Å². The fourth-order valence-electron chi connectivity index (χ4n) is 2.48. The Morgan fingerprint density at radius 1 is 1.00 bits per heavy atom. The highest BCUT2D eigenvalue weighted by Crippen LogP contribution is 2.31. The predicted octanol–water partition coefficient (Wildman–Crippen LogP) is 2.93. The van der Waals surface area contributed by atoms with Crippen molar-refractivity contribution in [3.63, 3.8) is 0 Å². The third-order valence-corrected chi connectivity index (χ3v) is 3.83. The average molecular weight is 381 g/mol. The zero-order valence-electron chi connectivity index (χ0n) is 15.2. The van der Waals surface area contributed by atoms with E-state index in [-0.39, 0.29) is 24.7 Å². The van der Waals surface area contributed by atoms with Gasteiger partial charge in [0.2, 0.25) is 5.91 Å². The van der Waals surface area contributed by atoms with Gasteiger partial charge in [0.1, 0.15) is 0 Å². The highest BCUT2D eigenvalue weighted by molar-refractivity contribution is 5.95. The van der Waals surface area contributed by atoms with Crippen molar-refractivity contribution in [1.29, 1.82) is 0 Å². The van der Waals surface area contributed by atoms with Gasteiger partial charge in [0, 0.05) is 31.1 Å². The smallest absolute Gasteiger partial charge is 0.231 e. The normalized spacial score (nSPS) is 9.96. The number of rotatable bonds is 8. The maximum Gasteiger partial charge on any atom is 0.231 e. The first-order chi connectivity index (χ1) is 12.1. The van der Waals surface area contributed by atoms with Gasteiger partial charge in [-0.2, -0.15) is 0 Å². The minimum Gasteiger partial charge on any atom is -0.493 e. The van der Waals surface area contributed by atoms with Crippen molar-refractivity contribution in [2.75, 3.05) is 45.1 Å². The summed E-state index contributed by atoms with van der Waals surface area (Å²) in [6.45, 7) is 0.877. The second-order valence-electron chi connectivity index (χ2n) is 5.50.